The standard InChI is InChI=1S/C25H25FN4O3/c1-3-4-13-33-20-9-6-18(7-10-20)22-15-23-25(32)29(11-12-30(23)28-22)16-24(31)27-19-8-5-17(2)21(26)14-19/h5-12,14-15H,3-4,13,16H2,1-2H3,(H,27,31). The Bertz CT molecular complexity index is 1340. The van der Waals surface area contributed by atoms with Crippen molar-refractivity contribution in [3.63, 3.8) is 0 Å². The van der Waals surface area contributed by atoms with Gasteiger partial charge in [-0.3, -0.25) is 9.59 Å². The molecule has 8 heteroatoms. The van der Waals surface area contributed by atoms with Gasteiger partial charge in [0.25, 0.3) is 5.56 Å². The lowest BCUT2D eigenvalue weighted by atomic mass is 10.1. The van der Waals surface area contributed by atoms with E-state index >= 15 is 0 Å². The van der Waals surface area contributed by atoms with E-state index in [4.69, 9.17) is 4.74 Å². The predicted octanol–water partition coefficient (Wildman–Crippen LogP) is 4.43. The van der Waals surface area contributed by atoms with Crippen molar-refractivity contribution in [3.05, 3.63) is 82.7 Å². The van der Waals surface area contributed by atoms with Crippen molar-refractivity contribution < 1.29 is 13.9 Å². The smallest absolute Gasteiger partial charge is 0.277 e. The molecular formula is C25H25FN4O3. The highest BCUT2D eigenvalue weighted by Gasteiger charge is 2.12. The molecule has 0 unspecified atom stereocenters. The number of amides is 1. The van der Waals surface area contributed by atoms with Gasteiger partial charge in [-0.05, 0) is 61.4 Å². The molecule has 0 fully saturated rings. The Hall–Kier alpha value is -3.94. The minimum atomic E-state index is -0.428. The third-order valence-corrected chi connectivity index (χ3v) is 5.29. The van der Waals surface area contributed by atoms with E-state index in [1.165, 1.54) is 21.3 Å². The number of carbonyl (C=O) groups excluding carboxylic acids is 1. The Morgan fingerprint density at radius 1 is 1.12 bits per heavy atom. The van der Waals surface area contributed by atoms with E-state index in [-0.39, 0.29) is 12.1 Å². The van der Waals surface area contributed by atoms with Crippen LogP contribution in [0.2, 0.25) is 0 Å². The Balaban J connectivity index is 1.50. The van der Waals surface area contributed by atoms with Crippen LogP contribution < -0.4 is 15.6 Å². The number of nitrogens with zero attached hydrogens (tertiary/aromatic N) is 3. The van der Waals surface area contributed by atoms with Crippen molar-refractivity contribution in [2.24, 2.45) is 0 Å². The molecule has 4 rings (SSSR count). The number of aryl methyl sites for hydroxylation is 1. The van der Waals surface area contributed by atoms with Crippen LogP contribution in [0.5, 0.6) is 5.75 Å². The van der Waals surface area contributed by atoms with Gasteiger partial charge >= 0.3 is 0 Å². The molecule has 0 aliphatic heterocycles. The number of unbranched alkanes of at least 4 members (excludes halogenated alkanes) is 1. The third-order valence-electron chi connectivity index (χ3n) is 5.29. The maximum absolute atomic E-state index is 13.7. The lowest BCUT2D eigenvalue weighted by Gasteiger charge is -2.08. The molecule has 0 aliphatic carbocycles. The Labute approximate surface area is 190 Å². The van der Waals surface area contributed by atoms with Gasteiger partial charge in [-0.1, -0.05) is 19.4 Å². The van der Waals surface area contributed by atoms with Crippen LogP contribution >= 0.6 is 0 Å². The molecule has 1 amide bonds. The van der Waals surface area contributed by atoms with Gasteiger partial charge in [0.15, 0.2) is 0 Å². The Kier molecular flexibility index (Phi) is 6.53. The molecule has 0 bridgehead atoms. The van der Waals surface area contributed by atoms with Crippen LogP contribution in [-0.2, 0) is 11.3 Å². The largest absolute Gasteiger partial charge is 0.494 e. The van der Waals surface area contributed by atoms with Crippen molar-refractivity contribution in [2.75, 3.05) is 11.9 Å². The van der Waals surface area contributed by atoms with E-state index in [2.05, 4.69) is 17.3 Å². The van der Waals surface area contributed by atoms with Gasteiger partial charge in [0.05, 0.1) is 12.3 Å². The topological polar surface area (TPSA) is 77.6 Å². The van der Waals surface area contributed by atoms with Crippen molar-refractivity contribution in [1.82, 2.24) is 14.2 Å². The summed E-state index contributed by atoms with van der Waals surface area (Å²) in [4.78, 5) is 25.3. The van der Waals surface area contributed by atoms with Crippen LogP contribution in [0.3, 0.4) is 0 Å². The number of rotatable bonds is 8. The molecule has 0 saturated carbocycles. The number of hydrogen-bond acceptors (Lipinski definition) is 4. The van der Waals surface area contributed by atoms with Crippen molar-refractivity contribution in [1.29, 1.82) is 0 Å². The van der Waals surface area contributed by atoms with Crippen LogP contribution in [0.1, 0.15) is 25.3 Å². The summed E-state index contributed by atoms with van der Waals surface area (Å²) in [5.74, 6) is -0.0420. The van der Waals surface area contributed by atoms with Crippen LogP contribution in [0.4, 0.5) is 10.1 Å². The summed E-state index contributed by atoms with van der Waals surface area (Å²) < 4.78 is 22.2. The molecule has 170 valence electrons. The predicted molar refractivity (Wildman–Crippen MR) is 125 cm³/mol. The van der Waals surface area contributed by atoms with Gasteiger partial charge in [0.2, 0.25) is 5.91 Å². The van der Waals surface area contributed by atoms with Crippen LogP contribution in [0.15, 0.2) is 65.7 Å². The summed E-state index contributed by atoms with van der Waals surface area (Å²) in [7, 11) is 0. The molecule has 1 N–H and O–H groups in total. The maximum atomic E-state index is 13.7. The van der Waals surface area contributed by atoms with Crippen LogP contribution in [0.25, 0.3) is 16.8 Å². The second-order valence-electron chi connectivity index (χ2n) is 7.83. The molecule has 0 spiro atoms. The normalized spacial score (nSPS) is 11.0. The summed E-state index contributed by atoms with van der Waals surface area (Å²) in [6.07, 6.45) is 5.21. The number of nitrogens with one attached hydrogen (secondary N) is 1. The first kappa shape index (κ1) is 22.3. The highest BCUT2D eigenvalue weighted by molar-refractivity contribution is 5.90. The van der Waals surface area contributed by atoms with Crippen molar-refractivity contribution in [3.8, 4) is 17.0 Å². The molecule has 4 aromatic rings. The maximum Gasteiger partial charge on any atom is 0.277 e. The van der Waals surface area contributed by atoms with Crippen LogP contribution in [-0.4, -0.2) is 26.7 Å². The summed E-state index contributed by atoms with van der Waals surface area (Å²) >= 11 is 0. The number of anilines is 1. The summed E-state index contributed by atoms with van der Waals surface area (Å²) in [5, 5.41) is 7.09. The lowest BCUT2D eigenvalue weighted by molar-refractivity contribution is -0.116. The zero-order chi connectivity index (χ0) is 23.4. The lowest BCUT2D eigenvalue weighted by Crippen LogP contribution is -2.28. The minimum absolute atomic E-state index is 0.199. The molecular weight excluding hydrogens is 423 g/mol. The molecule has 33 heavy (non-hydrogen) atoms. The Morgan fingerprint density at radius 2 is 1.91 bits per heavy atom. The molecule has 0 saturated heterocycles. The zero-order valence-electron chi connectivity index (χ0n) is 18.5. The number of carbonyl (C=O) groups is 1. The van der Waals surface area contributed by atoms with Gasteiger partial charge in [0, 0.05) is 23.6 Å². The third kappa shape index (κ3) is 5.11. The monoisotopic (exact) mass is 448 g/mol. The number of aromatic nitrogens is 3. The molecule has 7 nitrogen and oxygen atoms in total. The van der Waals surface area contributed by atoms with E-state index < -0.39 is 11.7 Å². The molecule has 2 aromatic carbocycles. The summed E-state index contributed by atoms with van der Waals surface area (Å²) in [6.45, 7) is 4.23. The molecule has 0 aliphatic rings. The van der Waals surface area contributed by atoms with Gasteiger partial charge in [-0.15, -0.1) is 0 Å². The summed E-state index contributed by atoms with van der Waals surface area (Å²) in [6, 6.07) is 13.7. The number of halogens is 1. The van der Waals surface area contributed by atoms with E-state index in [1.54, 1.807) is 31.3 Å². The average Bonchev–Trinajstić information content (AvgIpc) is 3.24. The highest BCUT2D eigenvalue weighted by atomic mass is 19.1. The number of ether oxygens (including phenoxy) is 1. The SMILES string of the molecule is CCCCOc1ccc(-c2cc3c(=O)n(CC(=O)Nc4ccc(C)c(F)c4)ccn3n2)cc1. The quantitative estimate of drug-likeness (QED) is 0.405. The first-order chi connectivity index (χ1) is 15.9. The molecule has 2 aromatic heterocycles. The second-order valence-corrected chi connectivity index (χ2v) is 7.83. The van der Waals surface area contributed by atoms with E-state index in [0.29, 0.717) is 29.1 Å². The Morgan fingerprint density at radius 3 is 2.64 bits per heavy atom. The van der Waals surface area contributed by atoms with E-state index in [0.717, 1.165) is 24.2 Å². The van der Waals surface area contributed by atoms with Gasteiger partial charge in [-0.25, -0.2) is 8.91 Å². The summed E-state index contributed by atoms with van der Waals surface area (Å²) in [5.41, 5.74) is 2.33. The van der Waals surface area contributed by atoms with Gasteiger partial charge in [0.1, 0.15) is 23.6 Å². The molecule has 0 radical (unpaired) electrons. The first-order valence-electron chi connectivity index (χ1n) is 10.8. The van der Waals surface area contributed by atoms with Gasteiger partial charge < -0.3 is 14.6 Å². The first-order valence-corrected chi connectivity index (χ1v) is 10.8. The fourth-order valence-corrected chi connectivity index (χ4v) is 3.37. The number of hydrogen-bond donors (Lipinski definition) is 1. The zero-order valence-corrected chi connectivity index (χ0v) is 18.5. The van der Waals surface area contributed by atoms with E-state index in [1.807, 2.05) is 24.3 Å². The fraction of sp³-hybridized carbons (Fsp3) is 0.240. The molecule has 0 atom stereocenters. The van der Waals surface area contributed by atoms with Crippen molar-refractivity contribution in [2.45, 2.75) is 33.2 Å². The molecule has 2 heterocycles. The van der Waals surface area contributed by atoms with E-state index in [9.17, 15) is 14.0 Å². The second kappa shape index (κ2) is 9.68. The average molecular weight is 448 g/mol. The number of fused-ring (bicyclic) bond motifs is 1. The van der Waals surface area contributed by atoms with Gasteiger partial charge in [-0.2, -0.15) is 5.10 Å². The minimum Gasteiger partial charge on any atom is -0.494 e. The number of benzene rings is 2. The van der Waals surface area contributed by atoms with Crippen molar-refractivity contribution >= 4 is 17.1 Å². The fourth-order valence-electron chi connectivity index (χ4n) is 3.37. The highest BCUT2D eigenvalue weighted by Crippen LogP contribution is 2.22. The van der Waals surface area contributed by atoms with Crippen LogP contribution in [0, 0.1) is 12.7 Å².